The number of amides is 1. The number of hydrogen-bond acceptors (Lipinski definition) is 5. The van der Waals surface area contributed by atoms with Crippen molar-refractivity contribution in [3.05, 3.63) is 38.2 Å². The minimum Gasteiger partial charge on any atom is -0.363 e. The van der Waals surface area contributed by atoms with Gasteiger partial charge in [-0.25, -0.2) is 0 Å². The van der Waals surface area contributed by atoms with E-state index in [4.69, 9.17) is 23.8 Å². The van der Waals surface area contributed by atoms with Crippen LogP contribution >= 0.6 is 35.2 Å². The lowest BCUT2D eigenvalue weighted by atomic mass is 10.2. The quantitative estimate of drug-likeness (QED) is 0.458. The van der Waals surface area contributed by atoms with Crippen molar-refractivity contribution in [3.63, 3.8) is 0 Å². The van der Waals surface area contributed by atoms with Gasteiger partial charge in [0.05, 0.1) is 9.95 Å². The van der Waals surface area contributed by atoms with Gasteiger partial charge in [0, 0.05) is 54.9 Å². The second-order valence-corrected chi connectivity index (χ2v) is 8.01. The Labute approximate surface area is 171 Å². The van der Waals surface area contributed by atoms with Crippen molar-refractivity contribution in [2.24, 2.45) is 0 Å². The molecular formula is C17H19ClN4O3S2. The SMILES string of the molecule is CCCNC(=S)N1CCN(C(=O)c2sc3cc([N+](=O)[O-])ccc3c2Cl)CC1. The number of benzene rings is 1. The summed E-state index contributed by atoms with van der Waals surface area (Å²) in [6.45, 7) is 5.34. The minimum atomic E-state index is -0.455. The number of piperazine rings is 1. The smallest absolute Gasteiger partial charge is 0.270 e. The predicted octanol–water partition coefficient (Wildman–Crippen LogP) is 3.51. The number of nitro groups is 1. The van der Waals surface area contributed by atoms with Crippen LogP contribution in [0.4, 0.5) is 5.69 Å². The molecule has 0 unspecified atom stereocenters. The van der Waals surface area contributed by atoms with E-state index in [1.807, 2.05) is 0 Å². The first-order valence-corrected chi connectivity index (χ1v) is 10.2. The van der Waals surface area contributed by atoms with Gasteiger partial charge in [-0.1, -0.05) is 18.5 Å². The molecular weight excluding hydrogens is 408 g/mol. The number of halogens is 1. The number of fused-ring (bicyclic) bond motifs is 1. The molecule has 0 bridgehead atoms. The van der Waals surface area contributed by atoms with Crippen LogP contribution in [0.25, 0.3) is 10.1 Å². The summed E-state index contributed by atoms with van der Waals surface area (Å²) in [5.74, 6) is -0.143. The normalized spacial score (nSPS) is 14.4. The Hall–Kier alpha value is -1.97. The Morgan fingerprint density at radius 1 is 1.33 bits per heavy atom. The highest BCUT2D eigenvalue weighted by molar-refractivity contribution is 7.80. The molecule has 0 aliphatic carbocycles. The van der Waals surface area contributed by atoms with E-state index in [0.717, 1.165) is 18.1 Å². The van der Waals surface area contributed by atoms with Gasteiger partial charge in [-0.3, -0.25) is 14.9 Å². The summed E-state index contributed by atoms with van der Waals surface area (Å²) in [7, 11) is 0. The van der Waals surface area contributed by atoms with Gasteiger partial charge in [0.25, 0.3) is 11.6 Å². The van der Waals surface area contributed by atoms with E-state index in [0.29, 0.717) is 46.2 Å². The second-order valence-electron chi connectivity index (χ2n) is 6.19. The lowest BCUT2D eigenvalue weighted by Gasteiger charge is -2.36. The molecule has 0 atom stereocenters. The van der Waals surface area contributed by atoms with E-state index < -0.39 is 4.92 Å². The third-order valence-corrected chi connectivity index (χ3v) is 6.45. The standard InChI is InChI=1S/C17H19ClN4O3S2/c1-2-5-19-17(26)21-8-6-20(7-9-21)16(23)15-14(18)12-4-3-11(22(24)25)10-13(12)27-15/h3-4,10H,2,5-9H2,1H3,(H,19,26). The third kappa shape index (κ3) is 4.15. The molecule has 27 heavy (non-hydrogen) atoms. The average molecular weight is 427 g/mol. The summed E-state index contributed by atoms with van der Waals surface area (Å²) in [4.78, 5) is 27.6. The Balaban J connectivity index is 1.72. The number of hydrogen-bond donors (Lipinski definition) is 1. The first-order chi connectivity index (χ1) is 12.9. The van der Waals surface area contributed by atoms with Gasteiger partial charge >= 0.3 is 0 Å². The Morgan fingerprint density at radius 2 is 2.00 bits per heavy atom. The number of carbonyl (C=O) groups excluding carboxylic acids is 1. The maximum atomic E-state index is 12.9. The van der Waals surface area contributed by atoms with Gasteiger partial charge < -0.3 is 15.1 Å². The fraction of sp³-hybridized carbons (Fsp3) is 0.412. The lowest BCUT2D eigenvalue weighted by molar-refractivity contribution is -0.384. The molecule has 1 N–H and O–H groups in total. The zero-order valence-electron chi connectivity index (χ0n) is 14.7. The maximum Gasteiger partial charge on any atom is 0.270 e. The number of nitro benzene ring substituents is 1. The van der Waals surface area contributed by atoms with Crippen LogP contribution in [0.15, 0.2) is 18.2 Å². The maximum absolute atomic E-state index is 12.9. The molecule has 3 rings (SSSR count). The van der Waals surface area contributed by atoms with E-state index in [2.05, 4.69) is 17.1 Å². The molecule has 1 aromatic heterocycles. The highest BCUT2D eigenvalue weighted by Crippen LogP contribution is 2.37. The Morgan fingerprint density at radius 3 is 2.63 bits per heavy atom. The first kappa shape index (κ1) is 19.8. The number of nitrogens with zero attached hydrogens (tertiary/aromatic N) is 3. The largest absolute Gasteiger partial charge is 0.363 e. The first-order valence-electron chi connectivity index (χ1n) is 8.61. The van der Waals surface area contributed by atoms with E-state index in [1.54, 1.807) is 11.0 Å². The van der Waals surface area contributed by atoms with Crippen LogP contribution < -0.4 is 5.32 Å². The van der Waals surface area contributed by atoms with Crippen molar-refractivity contribution >= 4 is 61.9 Å². The van der Waals surface area contributed by atoms with Crippen LogP contribution in [-0.2, 0) is 0 Å². The summed E-state index contributed by atoms with van der Waals surface area (Å²) in [5, 5.41) is 15.9. The topological polar surface area (TPSA) is 78.7 Å². The van der Waals surface area contributed by atoms with Crippen LogP contribution in [0.2, 0.25) is 5.02 Å². The van der Waals surface area contributed by atoms with Crippen LogP contribution in [0, 0.1) is 10.1 Å². The van der Waals surface area contributed by atoms with Gasteiger partial charge in [0.1, 0.15) is 4.88 Å². The third-order valence-electron chi connectivity index (χ3n) is 4.40. The number of nitrogens with one attached hydrogen (secondary N) is 1. The lowest BCUT2D eigenvalue weighted by Crippen LogP contribution is -2.53. The van der Waals surface area contributed by atoms with E-state index in [-0.39, 0.29) is 11.6 Å². The molecule has 1 saturated heterocycles. The molecule has 0 saturated carbocycles. The molecule has 10 heteroatoms. The number of carbonyl (C=O) groups is 1. The molecule has 0 spiro atoms. The van der Waals surface area contributed by atoms with Crippen molar-refractivity contribution in [1.29, 1.82) is 0 Å². The van der Waals surface area contributed by atoms with Gasteiger partial charge in [0.15, 0.2) is 5.11 Å². The van der Waals surface area contributed by atoms with Crippen molar-refractivity contribution in [1.82, 2.24) is 15.1 Å². The van der Waals surface area contributed by atoms with Crippen LogP contribution in [0.5, 0.6) is 0 Å². The number of non-ortho nitro benzene ring substituents is 1. The molecule has 0 radical (unpaired) electrons. The molecule has 2 aromatic rings. The van der Waals surface area contributed by atoms with Gasteiger partial charge in [-0.2, -0.15) is 0 Å². The monoisotopic (exact) mass is 426 g/mol. The highest BCUT2D eigenvalue weighted by Gasteiger charge is 2.27. The van der Waals surface area contributed by atoms with E-state index >= 15 is 0 Å². The van der Waals surface area contributed by atoms with E-state index in [9.17, 15) is 14.9 Å². The van der Waals surface area contributed by atoms with Gasteiger partial charge in [-0.05, 0) is 24.7 Å². The van der Waals surface area contributed by atoms with Crippen LogP contribution in [0.3, 0.4) is 0 Å². The molecule has 1 aliphatic rings. The number of thiocarbonyl (C=S) groups is 1. The highest BCUT2D eigenvalue weighted by atomic mass is 35.5. The number of thiophene rings is 1. The summed E-state index contributed by atoms with van der Waals surface area (Å²) in [6.07, 6.45) is 1.00. The van der Waals surface area contributed by atoms with Crippen LogP contribution in [0.1, 0.15) is 23.0 Å². The van der Waals surface area contributed by atoms with Crippen molar-refractivity contribution in [2.45, 2.75) is 13.3 Å². The predicted molar refractivity (Wildman–Crippen MR) is 112 cm³/mol. The molecule has 1 aromatic carbocycles. The van der Waals surface area contributed by atoms with E-state index in [1.165, 1.54) is 23.5 Å². The zero-order valence-corrected chi connectivity index (χ0v) is 17.1. The van der Waals surface area contributed by atoms with Gasteiger partial charge in [-0.15, -0.1) is 11.3 Å². The average Bonchev–Trinajstić information content (AvgIpc) is 3.01. The number of rotatable bonds is 4. The molecule has 1 amide bonds. The summed E-state index contributed by atoms with van der Waals surface area (Å²) >= 11 is 13.0. The van der Waals surface area contributed by atoms with Crippen molar-refractivity contribution in [2.75, 3.05) is 32.7 Å². The second kappa shape index (κ2) is 8.37. The summed E-state index contributed by atoms with van der Waals surface area (Å²) < 4.78 is 0.640. The van der Waals surface area contributed by atoms with Crippen LogP contribution in [-0.4, -0.2) is 58.5 Å². The molecule has 7 nitrogen and oxygen atoms in total. The minimum absolute atomic E-state index is 0.0129. The fourth-order valence-electron chi connectivity index (χ4n) is 2.90. The zero-order chi connectivity index (χ0) is 19.6. The van der Waals surface area contributed by atoms with Crippen molar-refractivity contribution < 1.29 is 9.72 Å². The molecule has 1 aliphatic heterocycles. The Kier molecular flexibility index (Phi) is 6.13. The molecule has 1 fully saturated rings. The van der Waals surface area contributed by atoms with Gasteiger partial charge in [0.2, 0.25) is 0 Å². The summed E-state index contributed by atoms with van der Waals surface area (Å²) in [5.41, 5.74) is -0.0129. The summed E-state index contributed by atoms with van der Waals surface area (Å²) in [6, 6.07) is 4.45. The molecule has 144 valence electrons. The van der Waals surface area contributed by atoms with Crippen molar-refractivity contribution in [3.8, 4) is 0 Å². The molecule has 2 heterocycles. The Bertz CT molecular complexity index is 894. The fourth-order valence-corrected chi connectivity index (χ4v) is 4.70.